The lowest BCUT2D eigenvalue weighted by molar-refractivity contribution is -0.181. The number of carbonyl (C=O) groups excluding carboxylic acids is 2. The quantitative estimate of drug-likeness (QED) is 0.141. The van der Waals surface area contributed by atoms with Gasteiger partial charge in [0.15, 0.2) is 5.60 Å². The highest BCUT2D eigenvalue weighted by Gasteiger charge is 2.52. The van der Waals surface area contributed by atoms with Crippen LogP contribution < -0.4 is 11.5 Å². The summed E-state index contributed by atoms with van der Waals surface area (Å²) in [6, 6.07) is 18.1. The fraction of sp³-hybridized carbons (Fsp3) is 0.500. The topological polar surface area (TPSA) is 180 Å². The lowest BCUT2D eigenvalue weighted by Gasteiger charge is -2.46. The molecular weight excluding hydrogens is 490 g/mol. The number of aryl methyl sites for hydroxylation is 1. The van der Waals surface area contributed by atoms with Gasteiger partial charge in [0.25, 0.3) is 0 Å². The number of nitrogens with zero attached hydrogens (tertiary/aromatic N) is 1. The van der Waals surface area contributed by atoms with Crippen LogP contribution in [0.3, 0.4) is 0 Å². The summed E-state index contributed by atoms with van der Waals surface area (Å²) in [6.45, 7) is 4.81. The first-order chi connectivity index (χ1) is 17.7. The van der Waals surface area contributed by atoms with Gasteiger partial charge in [-0.25, -0.2) is 9.59 Å². The number of nitrogens with two attached hydrogens (primary N) is 2. The van der Waals surface area contributed by atoms with Crippen molar-refractivity contribution in [2.24, 2.45) is 16.9 Å². The Hall–Kier alpha value is -2.86. The van der Waals surface area contributed by atoms with Crippen LogP contribution in [0.2, 0.25) is 0 Å². The molecule has 0 aliphatic carbocycles. The van der Waals surface area contributed by atoms with E-state index in [1.165, 1.54) is 27.7 Å². The summed E-state index contributed by atoms with van der Waals surface area (Å²) in [4.78, 5) is 27.2. The van der Waals surface area contributed by atoms with Crippen LogP contribution in [0.25, 0.3) is 0 Å². The fourth-order valence-electron chi connectivity index (χ4n) is 4.05. The molecule has 10 nitrogen and oxygen atoms in total. The Kier molecular flexibility index (Phi) is 10.6. The Balaban J connectivity index is 2.45. The van der Waals surface area contributed by atoms with Gasteiger partial charge in [-0.2, -0.15) is 0 Å². The van der Waals surface area contributed by atoms with Crippen LogP contribution in [-0.4, -0.2) is 73.6 Å². The van der Waals surface area contributed by atoms with E-state index in [1.54, 1.807) is 30.3 Å². The summed E-state index contributed by atoms with van der Waals surface area (Å²) in [5.41, 5.74) is 9.02. The van der Waals surface area contributed by atoms with Gasteiger partial charge in [0.05, 0.1) is 18.8 Å². The third-order valence-electron chi connectivity index (χ3n) is 6.95. The molecule has 0 radical (unpaired) electrons. The predicted octanol–water partition coefficient (Wildman–Crippen LogP) is 1.28. The van der Waals surface area contributed by atoms with Crippen LogP contribution in [0.5, 0.6) is 0 Å². The zero-order valence-corrected chi connectivity index (χ0v) is 22.4. The average Bonchev–Trinajstić information content (AvgIpc) is 2.87. The molecule has 0 aliphatic heterocycles. The summed E-state index contributed by atoms with van der Waals surface area (Å²) in [5.74, 6) is -1.42. The van der Waals surface area contributed by atoms with E-state index in [4.69, 9.17) is 16.2 Å². The number of benzene rings is 2. The van der Waals surface area contributed by atoms with E-state index in [9.17, 15) is 30.0 Å². The molecule has 210 valence electrons. The zero-order valence-electron chi connectivity index (χ0n) is 22.4. The molecule has 0 spiro atoms. The first-order valence-corrected chi connectivity index (χ1v) is 12.5. The third kappa shape index (κ3) is 7.16. The van der Waals surface area contributed by atoms with Gasteiger partial charge in [0.2, 0.25) is 0 Å². The largest absolute Gasteiger partial charge is 0.420 e. The summed E-state index contributed by atoms with van der Waals surface area (Å²) in [6.07, 6.45) is -5.14. The van der Waals surface area contributed by atoms with Gasteiger partial charge in [-0.05, 0) is 30.9 Å². The van der Waals surface area contributed by atoms with Crippen molar-refractivity contribution in [1.29, 1.82) is 0 Å². The summed E-state index contributed by atoms with van der Waals surface area (Å²) >= 11 is 0. The molecular formula is C28H41N3O7. The van der Waals surface area contributed by atoms with Crippen molar-refractivity contribution in [3.8, 4) is 0 Å². The maximum Gasteiger partial charge on any atom is 0.420 e. The van der Waals surface area contributed by atoms with E-state index in [1.807, 2.05) is 30.3 Å². The van der Waals surface area contributed by atoms with Crippen molar-refractivity contribution < 1.29 is 34.8 Å². The Bertz CT molecular complexity index is 1050. The number of carbonyl (C=O) groups is 2. The lowest BCUT2D eigenvalue weighted by Crippen LogP contribution is -2.72. The number of aliphatic hydroxyl groups is 4. The number of amides is 1. The second-order valence-electron chi connectivity index (χ2n) is 10.7. The van der Waals surface area contributed by atoms with Crippen LogP contribution in [0.15, 0.2) is 60.7 Å². The average molecular weight is 532 g/mol. The SMILES string of the molecule is CC(O)C(N)(Cc1ccccc1)N(C(=O)OC(=O)C(O)(CO)C(C)(C)C)C(N)C(O)CCc1ccccc1. The molecule has 5 atom stereocenters. The maximum atomic E-state index is 13.5. The Labute approximate surface area is 223 Å². The molecule has 2 aromatic rings. The highest BCUT2D eigenvalue weighted by molar-refractivity contribution is 5.90. The molecule has 0 fully saturated rings. The minimum atomic E-state index is -2.42. The number of hydrogen-bond acceptors (Lipinski definition) is 9. The maximum absolute atomic E-state index is 13.5. The lowest BCUT2D eigenvalue weighted by atomic mass is 9.77. The number of rotatable bonds is 11. The van der Waals surface area contributed by atoms with Gasteiger partial charge in [-0.15, -0.1) is 0 Å². The van der Waals surface area contributed by atoms with Gasteiger partial charge in [-0.3, -0.25) is 4.90 Å². The van der Waals surface area contributed by atoms with Crippen molar-refractivity contribution in [1.82, 2.24) is 4.90 Å². The molecule has 10 heteroatoms. The fourth-order valence-corrected chi connectivity index (χ4v) is 4.05. The van der Waals surface area contributed by atoms with Gasteiger partial charge in [0.1, 0.15) is 11.8 Å². The number of aliphatic hydroxyl groups excluding tert-OH is 3. The molecule has 5 unspecified atom stereocenters. The van der Waals surface area contributed by atoms with Gasteiger partial charge >= 0.3 is 12.1 Å². The van der Waals surface area contributed by atoms with E-state index in [2.05, 4.69) is 0 Å². The summed E-state index contributed by atoms with van der Waals surface area (Å²) in [5, 5.41) is 42.3. The van der Waals surface area contributed by atoms with Gasteiger partial charge < -0.3 is 36.6 Å². The summed E-state index contributed by atoms with van der Waals surface area (Å²) in [7, 11) is 0. The van der Waals surface area contributed by atoms with Crippen LogP contribution >= 0.6 is 0 Å². The number of ether oxygens (including phenoxy) is 1. The minimum absolute atomic E-state index is 0.0998. The number of hydrogen-bond donors (Lipinski definition) is 6. The second kappa shape index (κ2) is 12.8. The first-order valence-electron chi connectivity index (χ1n) is 12.5. The van der Waals surface area contributed by atoms with E-state index in [0.717, 1.165) is 10.5 Å². The first kappa shape index (κ1) is 31.4. The standard InChI is InChI=1S/C28H41N3O7/c1-19(33)28(30,17-21-13-9-6-10-14-21)31(23(29)22(34)16-15-20-11-7-5-8-12-20)25(36)38-24(35)27(37,18-32)26(2,3)4/h5-14,19,22-23,32-34,37H,15-18,29-30H2,1-4H3. The molecule has 2 aromatic carbocycles. The third-order valence-corrected chi connectivity index (χ3v) is 6.95. The van der Waals surface area contributed by atoms with Crippen molar-refractivity contribution >= 4 is 12.1 Å². The van der Waals surface area contributed by atoms with E-state index < -0.39 is 53.7 Å². The monoisotopic (exact) mass is 531 g/mol. The van der Waals surface area contributed by atoms with Crippen LogP contribution in [-0.2, 0) is 22.4 Å². The van der Waals surface area contributed by atoms with Crippen molar-refractivity contribution in [2.45, 2.75) is 76.6 Å². The highest BCUT2D eigenvalue weighted by atomic mass is 16.6. The second-order valence-corrected chi connectivity index (χ2v) is 10.7. The molecule has 2 rings (SSSR count). The molecule has 0 saturated carbocycles. The van der Waals surface area contributed by atoms with Crippen LogP contribution in [0, 0.1) is 5.41 Å². The van der Waals surface area contributed by atoms with E-state index in [-0.39, 0.29) is 12.8 Å². The molecule has 0 aliphatic rings. The van der Waals surface area contributed by atoms with Crippen LogP contribution in [0.1, 0.15) is 45.2 Å². The van der Waals surface area contributed by atoms with Gasteiger partial charge in [0, 0.05) is 11.8 Å². The van der Waals surface area contributed by atoms with Gasteiger partial charge in [-0.1, -0.05) is 81.4 Å². The molecule has 38 heavy (non-hydrogen) atoms. The summed E-state index contributed by atoms with van der Waals surface area (Å²) < 4.78 is 5.02. The normalized spacial score (nSPS) is 17.4. The van der Waals surface area contributed by atoms with Crippen molar-refractivity contribution in [2.75, 3.05) is 6.61 Å². The highest BCUT2D eigenvalue weighted by Crippen LogP contribution is 2.32. The Morgan fingerprint density at radius 1 is 0.974 bits per heavy atom. The van der Waals surface area contributed by atoms with Crippen molar-refractivity contribution in [3.05, 3.63) is 71.8 Å². The molecule has 0 saturated heterocycles. The molecule has 1 amide bonds. The molecule has 0 bridgehead atoms. The zero-order chi connectivity index (χ0) is 28.7. The number of esters is 1. The van der Waals surface area contributed by atoms with Crippen LogP contribution in [0.4, 0.5) is 4.79 Å². The van der Waals surface area contributed by atoms with E-state index in [0.29, 0.717) is 12.0 Å². The molecule has 0 aromatic heterocycles. The smallest absolute Gasteiger partial charge is 0.393 e. The predicted molar refractivity (Wildman–Crippen MR) is 142 cm³/mol. The Morgan fingerprint density at radius 3 is 1.92 bits per heavy atom. The van der Waals surface area contributed by atoms with Crippen molar-refractivity contribution in [3.63, 3.8) is 0 Å². The van der Waals surface area contributed by atoms with E-state index >= 15 is 0 Å². The minimum Gasteiger partial charge on any atom is -0.393 e. The molecule has 8 N–H and O–H groups in total. The Morgan fingerprint density at radius 2 is 1.47 bits per heavy atom. The molecule has 0 heterocycles.